The number of carbonyl (C=O) groups excluding carboxylic acids is 1. The Morgan fingerprint density at radius 3 is 2.83 bits per heavy atom. The van der Waals surface area contributed by atoms with Crippen LogP contribution in [0.2, 0.25) is 0 Å². The van der Waals surface area contributed by atoms with Crippen LogP contribution in [0.3, 0.4) is 0 Å². The van der Waals surface area contributed by atoms with Crippen molar-refractivity contribution < 1.29 is 9.53 Å². The van der Waals surface area contributed by atoms with Gasteiger partial charge in [0.1, 0.15) is 24.2 Å². The Hall–Kier alpha value is -2.57. The van der Waals surface area contributed by atoms with E-state index in [4.69, 9.17) is 10.5 Å². The standard InChI is InChI=1S/C16H21N5O2/c1-12-9-15(17)21(19-12)11-16(22)20-7-4-13(5-8-20)23-14-3-2-6-18-10-14/h2-3,6,9-10,13H,4-5,7-8,11,17H2,1H3. The number of hydrogen-bond donors (Lipinski definition) is 1. The second kappa shape index (κ2) is 6.68. The molecule has 1 aliphatic heterocycles. The van der Waals surface area contributed by atoms with E-state index in [0.717, 1.165) is 24.3 Å². The van der Waals surface area contributed by atoms with Gasteiger partial charge in [0, 0.05) is 38.2 Å². The van der Waals surface area contributed by atoms with E-state index in [1.54, 1.807) is 23.1 Å². The van der Waals surface area contributed by atoms with Crippen molar-refractivity contribution >= 4 is 11.7 Å². The number of likely N-dealkylation sites (tertiary alicyclic amines) is 1. The molecule has 1 aliphatic rings. The molecule has 1 amide bonds. The van der Waals surface area contributed by atoms with Crippen LogP contribution in [-0.4, -0.2) is 44.8 Å². The first-order valence-corrected chi connectivity index (χ1v) is 7.76. The van der Waals surface area contributed by atoms with Gasteiger partial charge in [0.15, 0.2) is 0 Å². The average Bonchev–Trinajstić information content (AvgIpc) is 2.86. The van der Waals surface area contributed by atoms with Crippen molar-refractivity contribution in [3.05, 3.63) is 36.3 Å². The smallest absolute Gasteiger partial charge is 0.244 e. The predicted octanol–water partition coefficient (Wildman–Crippen LogP) is 1.24. The highest BCUT2D eigenvalue weighted by atomic mass is 16.5. The van der Waals surface area contributed by atoms with E-state index in [1.165, 1.54) is 0 Å². The van der Waals surface area contributed by atoms with Gasteiger partial charge >= 0.3 is 0 Å². The predicted molar refractivity (Wildman–Crippen MR) is 85.8 cm³/mol. The van der Waals surface area contributed by atoms with E-state index in [0.29, 0.717) is 18.9 Å². The largest absolute Gasteiger partial charge is 0.489 e. The lowest BCUT2D eigenvalue weighted by Crippen LogP contribution is -2.43. The first-order valence-electron chi connectivity index (χ1n) is 7.76. The summed E-state index contributed by atoms with van der Waals surface area (Å²) >= 11 is 0. The first-order chi connectivity index (χ1) is 11.1. The van der Waals surface area contributed by atoms with Crippen molar-refractivity contribution in [1.29, 1.82) is 0 Å². The Morgan fingerprint density at radius 1 is 1.43 bits per heavy atom. The fraction of sp³-hybridized carbons (Fsp3) is 0.438. The summed E-state index contributed by atoms with van der Waals surface area (Å²) < 4.78 is 7.44. The molecule has 0 radical (unpaired) electrons. The van der Waals surface area contributed by atoms with Crippen LogP contribution in [0.15, 0.2) is 30.6 Å². The third-order valence-electron chi connectivity index (χ3n) is 3.95. The molecule has 0 aromatic carbocycles. The highest BCUT2D eigenvalue weighted by Gasteiger charge is 2.24. The molecule has 1 fully saturated rings. The van der Waals surface area contributed by atoms with Gasteiger partial charge in [-0.2, -0.15) is 5.10 Å². The summed E-state index contributed by atoms with van der Waals surface area (Å²) in [5.41, 5.74) is 6.65. The molecule has 0 aliphatic carbocycles. The lowest BCUT2D eigenvalue weighted by atomic mass is 10.1. The summed E-state index contributed by atoms with van der Waals surface area (Å²) in [5.74, 6) is 1.34. The van der Waals surface area contributed by atoms with Crippen LogP contribution in [-0.2, 0) is 11.3 Å². The fourth-order valence-corrected chi connectivity index (χ4v) is 2.75. The van der Waals surface area contributed by atoms with Crippen molar-refractivity contribution in [3.8, 4) is 5.75 Å². The Bertz CT molecular complexity index is 662. The number of aryl methyl sites for hydroxylation is 1. The zero-order valence-corrected chi connectivity index (χ0v) is 13.2. The number of nitrogen functional groups attached to an aromatic ring is 1. The van der Waals surface area contributed by atoms with Crippen molar-refractivity contribution in [2.45, 2.75) is 32.4 Å². The Labute approximate surface area is 135 Å². The maximum absolute atomic E-state index is 12.4. The number of amides is 1. The Morgan fingerprint density at radius 2 is 2.22 bits per heavy atom. The highest BCUT2D eigenvalue weighted by molar-refractivity contribution is 5.76. The van der Waals surface area contributed by atoms with Gasteiger partial charge in [-0.3, -0.25) is 9.78 Å². The van der Waals surface area contributed by atoms with Crippen LogP contribution in [0.25, 0.3) is 0 Å². The van der Waals surface area contributed by atoms with Gasteiger partial charge in [-0.05, 0) is 19.1 Å². The molecule has 2 aromatic heterocycles. The van der Waals surface area contributed by atoms with Crippen LogP contribution >= 0.6 is 0 Å². The monoisotopic (exact) mass is 315 g/mol. The average molecular weight is 315 g/mol. The van der Waals surface area contributed by atoms with E-state index in [1.807, 2.05) is 24.0 Å². The molecule has 0 spiro atoms. The van der Waals surface area contributed by atoms with Gasteiger partial charge in [0.25, 0.3) is 0 Å². The zero-order valence-electron chi connectivity index (χ0n) is 13.2. The van der Waals surface area contributed by atoms with Gasteiger partial charge in [-0.15, -0.1) is 0 Å². The molecule has 7 heteroatoms. The van der Waals surface area contributed by atoms with Crippen LogP contribution in [0.4, 0.5) is 5.82 Å². The first kappa shape index (κ1) is 15.3. The fourth-order valence-electron chi connectivity index (χ4n) is 2.75. The van der Waals surface area contributed by atoms with Gasteiger partial charge < -0.3 is 15.4 Å². The second-order valence-corrected chi connectivity index (χ2v) is 5.75. The van der Waals surface area contributed by atoms with E-state index in [2.05, 4.69) is 10.1 Å². The molecule has 7 nitrogen and oxygen atoms in total. The summed E-state index contributed by atoms with van der Waals surface area (Å²) in [5, 5.41) is 4.23. The summed E-state index contributed by atoms with van der Waals surface area (Å²) in [6.45, 7) is 3.42. The normalized spacial score (nSPS) is 15.6. The number of rotatable bonds is 4. The third-order valence-corrected chi connectivity index (χ3v) is 3.95. The minimum atomic E-state index is 0.0413. The summed E-state index contributed by atoms with van der Waals surface area (Å²) in [6.07, 6.45) is 5.18. The highest BCUT2D eigenvalue weighted by Crippen LogP contribution is 2.18. The molecular formula is C16H21N5O2. The molecule has 2 aromatic rings. The minimum absolute atomic E-state index is 0.0413. The summed E-state index contributed by atoms with van der Waals surface area (Å²) in [6, 6.07) is 5.51. The number of anilines is 1. The van der Waals surface area contributed by atoms with Gasteiger partial charge in [0.05, 0.1) is 11.9 Å². The van der Waals surface area contributed by atoms with Crippen molar-refractivity contribution in [1.82, 2.24) is 19.7 Å². The topological polar surface area (TPSA) is 86.3 Å². The molecule has 0 bridgehead atoms. The minimum Gasteiger partial charge on any atom is -0.489 e. The lowest BCUT2D eigenvalue weighted by molar-refractivity contribution is -0.133. The maximum atomic E-state index is 12.4. The van der Waals surface area contributed by atoms with Crippen LogP contribution in [0, 0.1) is 6.92 Å². The van der Waals surface area contributed by atoms with E-state index >= 15 is 0 Å². The van der Waals surface area contributed by atoms with Crippen LogP contribution in [0.1, 0.15) is 18.5 Å². The van der Waals surface area contributed by atoms with Crippen LogP contribution in [0.5, 0.6) is 5.75 Å². The molecule has 0 unspecified atom stereocenters. The van der Waals surface area contributed by atoms with Crippen LogP contribution < -0.4 is 10.5 Å². The Balaban J connectivity index is 1.50. The number of piperidine rings is 1. The second-order valence-electron chi connectivity index (χ2n) is 5.75. The van der Waals surface area contributed by atoms with E-state index in [-0.39, 0.29) is 18.6 Å². The van der Waals surface area contributed by atoms with E-state index in [9.17, 15) is 4.79 Å². The molecule has 23 heavy (non-hydrogen) atoms. The number of ether oxygens (including phenoxy) is 1. The molecule has 3 heterocycles. The number of nitrogens with zero attached hydrogens (tertiary/aromatic N) is 4. The molecule has 1 saturated heterocycles. The SMILES string of the molecule is Cc1cc(N)n(CC(=O)N2CCC(Oc3cccnc3)CC2)n1. The molecule has 0 atom stereocenters. The van der Waals surface area contributed by atoms with Crippen molar-refractivity contribution in [3.63, 3.8) is 0 Å². The molecule has 2 N–H and O–H groups in total. The molecule has 3 rings (SSSR count). The summed E-state index contributed by atoms with van der Waals surface area (Å²) in [4.78, 5) is 18.2. The van der Waals surface area contributed by atoms with Gasteiger partial charge in [0.2, 0.25) is 5.91 Å². The van der Waals surface area contributed by atoms with E-state index < -0.39 is 0 Å². The van der Waals surface area contributed by atoms with Crippen molar-refractivity contribution in [2.75, 3.05) is 18.8 Å². The maximum Gasteiger partial charge on any atom is 0.244 e. The molecule has 0 saturated carbocycles. The lowest BCUT2D eigenvalue weighted by Gasteiger charge is -2.32. The number of hydrogen-bond acceptors (Lipinski definition) is 5. The third kappa shape index (κ3) is 3.80. The number of carbonyl (C=O) groups is 1. The quantitative estimate of drug-likeness (QED) is 0.917. The number of aromatic nitrogens is 3. The van der Waals surface area contributed by atoms with Gasteiger partial charge in [-0.1, -0.05) is 0 Å². The molecule has 122 valence electrons. The van der Waals surface area contributed by atoms with Crippen molar-refractivity contribution in [2.24, 2.45) is 0 Å². The van der Waals surface area contributed by atoms with Gasteiger partial charge in [-0.25, -0.2) is 4.68 Å². The number of pyridine rings is 1. The Kier molecular flexibility index (Phi) is 4.45. The zero-order chi connectivity index (χ0) is 16.2. The summed E-state index contributed by atoms with van der Waals surface area (Å²) in [7, 11) is 0. The molecular weight excluding hydrogens is 294 g/mol. The number of nitrogens with two attached hydrogens (primary N) is 1.